The van der Waals surface area contributed by atoms with Crippen molar-refractivity contribution in [1.82, 2.24) is 4.31 Å². The third-order valence-electron chi connectivity index (χ3n) is 4.71. The highest BCUT2D eigenvalue weighted by atomic mass is 35.5. The fourth-order valence-corrected chi connectivity index (χ4v) is 5.67. The van der Waals surface area contributed by atoms with E-state index < -0.39 is 15.8 Å². The van der Waals surface area contributed by atoms with Crippen molar-refractivity contribution in [2.24, 2.45) is 5.92 Å². The highest BCUT2D eigenvalue weighted by molar-refractivity contribution is 7.89. The molecule has 6 heteroatoms. The van der Waals surface area contributed by atoms with Gasteiger partial charge in [-0.25, -0.2) is 12.8 Å². The highest BCUT2D eigenvalue weighted by Gasteiger charge is 2.41. The number of rotatable bonds is 3. The number of alkyl halides is 1. The molecule has 2 aliphatic rings. The van der Waals surface area contributed by atoms with E-state index in [1.54, 1.807) is 4.31 Å². The maximum atomic E-state index is 13.5. The Labute approximate surface area is 130 Å². The van der Waals surface area contributed by atoms with Crippen molar-refractivity contribution in [3.05, 3.63) is 29.6 Å². The minimum Gasteiger partial charge on any atom is -0.207 e. The number of hydrogen-bond donors (Lipinski definition) is 0. The van der Waals surface area contributed by atoms with E-state index in [4.69, 9.17) is 11.6 Å². The second-order valence-corrected chi connectivity index (χ2v) is 8.06. The van der Waals surface area contributed by atoms with Crippen LogP contribution in [-0.2, 0) is 15.9 Å². The molecule has 0 amide bonds. The largest absolute Gasteiger partial charge is 0.243 e. The molecule has 1 aromatic carbocycles. The van der Waals surface area contributed by atoms with Gasteiger partial charge in [-0.15, -0.1) is 11.6 Å². The van der Waals surface area contributed by atoms with E-state index in [0.29, 0.717) is 12.5 Å². The first-order chi connectivity index (χ1) is 10.0. The molecule has 1 aliphatic carbocycles. The number of nitrogens with zero attached hydrogens (tertiary/aromatic N) is 1. The number of benzene rings is 1. The lowest BCUT2D eigenvalue weighted by atomic mass is 9.94. The van der Waals surface area contributed by atoms with Gasteiger partial charge in [0.1, 0.15) is 5.82 Å². The van der Waals surface area contributed by atoms with Gasteiger partial charge < -0.3 is 0 Å². The summed E-state index contributed by atoms with van der Waals surface area (Å²) in [5, 5.41) is 0. The molecule has 21 heavy (non-hydrogen) atoms. The topological polar surface area (TPSA) is 37.4 Å². The molecule has 2 unspecified atom stereocenters. The lowest BCUT2D eigenvalue weighted by molar-refractivity contribution is 0.202. The van der Waals surface area contributed by atoms with Crippen LogP contribution in [0.15, 0.2) is 23.1 Å². The third-order valence-corrected chi connectivity index (χ3v) is 6.92. The van der Waals surface area contributed by atoms with Crippen LogP contribution in [-0.4, -0.2) is 25.3 Å². The Morgan fingerprint density at radius 3 is 2.76 bits per heavy atom. The Hall–Kier alpha value is -0.650. The molecule has 2 fully saturated rings. The minimum atomic E-state index is -3.56. The Morgan fingerprint density at radius 1 is 1.24 bits per heavy atom. The molecule has 1 aromatic rings. The van der Waals surface area contributed by atoms with E-state index in [1.807, 2.05) is 0 Å². The van der Waals surface area contributed by atoms with Crippen molar-refractivity contribution in [3.8, 4) is 0 Å². The third kappa shape index (κ3) is 2.71. The van der Waals surface area contributed by atoms with E-state index in [2.05, 4.69) is 0 Å². The van der Waals surface area contributed by atoms with Crippen LogP contribution in [0.2, 0.25) is 0 Å². The average Bonchev–Trinajstić information content (AvgIpc) is 2.95. The molecule has 3 rings (SSSR count). The van der Waals surface area contributed by atoms with Crippen LogP contribution >= 0.6 is 11.6 Å². The van der Waals surface area contributed by atoms with Crippen molar-refractivity contribution in [2.75, 3.05) is 6.54 Å². The zero-order chi connectivity index (χ0) is 15.0. The summed E-state index contributed by atoms with van der Waals surface area (Å²) < 4.78 is 40.9. The van der Waals surface area contributed by atoms with E-state index in [1.165, 1.54) is 18.2 Å². The Balaban J connectivity index is 1.96. The van der Waals surface area contributed by atoms with Crippen LogP contribution in [0.4, 0.5) is 4.39 Å². The first-order valence-corrected chi connectivity index (χ1v) is 9.37. The summed E-state index contributed by atoms with van der Waals surface area (Å²) >= 11 is 5.68. The Morgan fingerprint density at radius 2 is 2.00 bits per heavy atom. The van der Waals surface area contributed by atoms with Gasteiger partial charge in [-0.1, -0.05) is 6.42 Å². The van der Waals surface area contributed by atoms with Gasteiger partial charge in [-0.3, -0.25) is 0 Å². The molecule has 116 valence electrons. The monoisotopic (exact) mass is 331 g/mol. The predicted octanol–water partition coefficient (Wildman–Crippen LogP) is 3.52. The van der Waals surface area contributed by atoms with Gasteiger partial charge in [0.15, 0.2) is 0 Å². The van der Waals surface area contributed by atoms with Crippen LogP contribution < -0.4 is 0 Å². The summed E-state index contributed by atoms with van der Waals surface area (Å²) in [6.07, 6.45) is 5.18. The zero-order valence-corrected chi connectivity index (χ0v) is 13.3. The van der Waals surface area contributed by atoms with Crippen molar-refractivity contribution >= 4 is 21.6 Å². The summed E-state index contributed by atoms with van der Waals surface area (Å²) in [6.45, 7) is 0.567. The summed E-state index contributed by atoms with van der Waals surface area (Å²) in [5.74, 6) is 0.00384. The summed E-state index contributed by atoms with van der Waals surface area (Å²) in [5.41, 5.74) is 0.234. The lowest BCUT2D eigenvalue weighted by Crippen LogP contribution is -2.46. The normalized spacial score (nSPS) is 26.8. The number of fused-ring (bicyclic) bond motifs is 1. The van der Waals surface area contributed by atoms with Crippen LogP contribution in [0.1, 0.15) is 37.7 Å². The van der Waals surface area contributed by atoms with Gasteiger partial charge in [0.05, 0.1) is 10.8 Å². The maximum Gasteiger partial charge on any atom is 0.243 e. The van der Waals surface area contributed by atoms with Crippen LogP contribution in [0.3, 0.4) is 0 Å². The summed E-state index contributed by atoms with van der Waals surface area (Å²) in [4.78, 5) is 0.159. The molecule has 0 spiro atoms. The Bertz CT molecular complexity index is 635. The minimum absolute atomic E-state index is 0.0265. The molecule has 0 bridgehead atoms. The maximum absolute atomic E-state index is 13.5. The molecule has 0 radical (unpaired) electrons. The van der Waals surface area contributed by atoms with Crippen LogP contribution in [0, 0.1) is 11.7 Å². The number of sulfonamides is 1. The van der Waals surface area contributed by atoms with E-state index in [0.717, 1.165) is 32.1 Å². The number of piperidine rings is 1. The first kappa shape index (κ1) is 15.3. The second-order valence-electron chi connectivity index (χ2n) is 5.90. The van der Waals surface area contributed by atoms with Gasteiger partial charge >= 0.3 is 0 Å². The van der Waals surface area contributed by atoms with Gasteiger partial charge in [-0.05, 0) is 49.8 Å². The molecule has 2 atom stereocenters. The SMILES string of the molecule is O=S(=O)(c1ccc(F)c(CCl)c1)N1CCCC2CCCC21. The van der Waals surface area contributed by atoms with E-state index in [-0.39, 0.29) is 22.4 Å². The smallest absolute Gasteiger partial charge is 0.207 e. The van der Waals surface area contributed by atoms with Gasteiger partial charge in [0, 0.05) is 18.2 Å². The molecule has 1 heterocycles. The fraction of sp³-hybridized carbons (Fsp3) is 0.600. The van der Waals surface area contributed by atoms with Gasteiger partial charge in [-0.2, -0.15) is 4.31 Å². The average molecular weight is 332 g/mol. The van der Waals surface area contributed by atoms with Crippen LogP contribution in [0.5, 0.6) is 0 Å². The van der Waals surface area contributed by atoms with Crippen LogP contribution in [0.25, 0.3) is 0 Å². The molecule has 0 N–H and O–H groups in total. The number of halogens is 2. The molecule has 1 saturated heterocycles. The zero-order valence-electron chi connectivity index (χ0n) is 11.8. The standard InChI is InChI=1S/C15H19ClFNO2S/c16-10-12-9-13(6-7-14(12)17)21(19,20)18-8-2-4-11-3-1-5-15(11)18/h6-7,9,11,15H,1-5,8,10H2. The lowest BCUT2D eigenvalue weighted by Gasteiger charge is -2.36. The quantitative estimate of drug-likeness (QED) is 0.795. The second kappa shape index (κ2) is 5.86. The van der Waals surface area contributed by atoms with Gasteiger partial charge in [0.2, 0.25) is 10.0 Å². The number of hydrogen-bond acceptors (Lipinski definition) is 2. The molecule has 3 nitrogen and oxygen atoms in total. The molecule has 1 saturated carbocycles. The van der Waals surface area contributed by atoms with E-state index >= 15 is 0 Å². The van der Waals surface area contributed by atoms with E-state index in [9.17, 15) is 12.8 Å². The van der Waals surface area contributed by atoms with Crippen molar-refractivity contribution in [1.29, 1.82) is 0 Å². The predicted molar refractivity (Wildman–Crippen MR) is 80.2 cm³/mol. The molecular formula is C15H19ClFNO2S. The van der Waals surface area contributed by atoms with Crippen molar-refractivity contribution < 1.29 is 12.8 Å². The highest BCUT2D eigenvalue weighted by Crippen LogP contribution is 2.39. The summed E-state index contributed by atoms with van der Waals surface area (Å²) in [7, 11) is -3.56. The van der Waals surface area contributed by atoms with Crippen molar-refractivity contribution in [2.45, 2.75) is 48.9 Å². The van der Waals surface area contributed by atoms with Gasteiger partial charge in [0.25, 0.3) is 0 Å². The Kier molecular flexibility index (Phi) is 4.26. The molecule has 0 aromatic heterocycles. The molecular weight excluding hydrogens is 313 g/mol. The fourth-order valence-electron chi connectivity index (χ4n) is 3.66. The first-order valence-electron chi connectivity index (χ1n) is 7.40. The molecule has 1 aliphatic heterocycles. The van der Waals surface area contributed by atoms with Crippen molar-refractivity contribution in [3.63, 3.8) is 0 Å². The summed E-state index contributed by atoms with van der Waals surface area (Å²) in [6, 6.07) is 4.03.